The van der Waals surface area contributed by atoms with Gasteiger partial charge in [0.2, 0.25) is 0 Å². The van der Waals surface area contributed by atoms with Crippen molar-refractivity contribution in [2.75, 3.05) is 215 Å². The van der Waals surface area contributed by atoms with E-state index < -0.39 is 71.9 Å². The summed E-state index contributed by atoms with van der Waals surface area (Å²) in [4.78, 5) is 103. The summed E-state index contributed by atoms with van der Waals surface area (Å²) in [7, 11) is 10.3. The van der Waals surface area contributed by atoms with E-state index in [1.165, 1.54) is 25.0 Å². The Hall–Kier alpha value is -6.40. The van der Waals surface area contributed by atoms with E-state index in [-0.39, 0.29) is 220 Å². The fourth-order valence-corrected chi connectivity index (χ4v) is 7.16. The number of hydrogen-bond donors (Lipinski definition) is 4. The third-order valence-electron chi connectivity index (χ3n) is 11.7. The number of carbonyl (C=O) groups is 8. The maximum absolute atomic E-state index is 11.9. The van der Waals surface area contributed by atoms with E-state index in [0.29, 0.717) is 63.0 Å². The molecular weight excluding hydrogens is 1400 g/mol. The summed E-state index contributed by atoms with van der Waals surface area (Å²) in [6, 6.07) is 0. The molecule has 4 amide bonds. The van der Waals surface area contributed by atoms with Crippen LogP contribution in [0.3, 0.4) is 0 Å². The highest BCUT2D eigenvalue weighted by Gasteiger charge is 2.34. The van der Waals surface area contributed by atoms with Gasteiger partial charge in [-0.25, -0.2) is 9.59 Å². The van der Waals surface area contributed by atoms with Gasteiger partial charge in [0, 0.05) is 95.4 Å². The van der Waals surface area contributed by atoms with E-state index in [1.807, 2.05) is 0 Å². The number of ether oxygens (including phenoxy) is 20. The first-order valence-electron chi connectivity index (χ1n) is 31.3. The topological polar surface area (TPSA) is 427 Å². The van der Waals surface area contributed by atoms with E-state index in [1.54, 1.807) is 28.4 Å². The average molecular weight is 1540 g/mol. The van der Waals surface area contributed by atoms with Crippen molar-refractivity contribution in [1.29, 1.82) is 0 Å². The van der Waals surface area contributed by atoms with Gasteiger partial charge in [-0.3, -0.25) is 28.8 Å². The molecule has 36 heteroatoms. The molecule has 0 saturated carbocycles. The molecule has 0 radical (unpaired) electrons. The Morgan fingerprint density at radius 2 is 0.581 bits per heavy atom. The van der Waals surface area contributed by atoms with E-state index in [4.69, 9.17) is 125 Å². The predicted molar refractivity (Wildman–Crippen MR) is 386 cm³/mol. The minimum atomic E-state index is -0.886. The van der Waals surface area contributed by atoms with Crippen LogP contribution in [0.1, 0.15) is 102 Å². The van der Waals surface area contributed by atoms with Crippen molar-refractivity contribution in [3.63, 3.8) is 0 Å². The first-order chi connectivity index (χ1) is 48.2. The highest BCUT2D eigenvalue weighted by Crippen LogP contribution is 2.15. The number of hydroxylamine groups is 4. The molecule has 6 unspecified atom stereocenters. The van der Waals surface area contributed by atoms with Gasteiger partial charge in [-0.2, -0.15) is 0 Å². The molecule has 0 aliphatic carbocycles. The van der Waals surface area contributed by atoms with Gasteiger partial charge in [0.25, 0.3) is 23.6 Å². The van der Waals surface area contributed by atoms with E-state index in [9.17, 15) is 38.4 Å². The average Bonchev–Trinajstić information content (AvgIpc) is 1.75. The van der Waals surface area contributed by atoms with Crippen molar-refractivity contribution in [2.45, 2.75) is 139 Å². The number of methoxy groups -OCH3 is 4. The van der Waals surface area contributed by atoms with Crippen molar-refractivity contribution in [1.82, 2.24) is 10.1 Å². The maximum Gasteiger partial charge on any atom is 0.333 e. The van der Waals surface area contributed by atoms with Gasteiger partial charge in [0.05, 0.1) is 170 Å². The van der Waals surface area contributed by atoms with Gasteiger partial charge < -0.3 is 125 Å². The molecule has 0 aromatic carbocycles. The Labute approximate surface area is 624 Å². The fourth-order valence-electron chi connectivity index (χ4n) is 7.16. The molecule has 2 fully saturated rings. The lowest BCUT2D eigenvalue weighted by Gasteiger charge is -2.22. The van der Waals surface area contributed by atoms with Crippen LogP contribution in [-0.4, -0.2) is 330 Å². The Bertz CT molecular complexity index is 2020. The summed E-state index contributed by atoms with van der Waals surface area (Å²) in [6.07, 6.45) is 2.09. The molecule has 2 rings (SSSR count). The number of nitrogens with zero attached hydrogens (tertiary/aromatic N) is 2. The highest BCUT2D eigenvalue weighted by molar-refractivity contribution is 6.02. The zero-order valence-electron chi connectivity index (χ0n) is 58.9. The van der Waals surface area contributed by atoms with Gasteiger partial charge in [-0.05, 0) is 6.42 Å². The molecule has 0 spiro atoms. The maximum atomic E-state index is 11.9. The summed E-state index contributed by atoms with van der Waals surface area (Å²) in [6.45, 7) is 20.0. The van der Waals surface area contributed by atoms with Gasteiger partial charge >= 0.3 is 23.9 Å². The molecule has 0 aromatic rings. The summed E-state index contributed by atoms with van der Waals surface area (Å²) >= 11 is 0. The number of hydrogen-bond acceptors (Lipinski definition) is 34. The molecule has 4 N–H and O–H groups in total. The number of aliphatic hydroxyl groups excluding tert-OH is 4. The van der Waals surface area contributed by atoms with Crippen LogP contribution in [0.25, 0.3) is 0 Å². The minimum absolute atomic E-state index is 0. The number of amides is 4. The van der Waals surface area contributed by atoms with Crippen LogP contribution >= 0.6 is 0 Å². The lowest BCUT2D eigenvalue weighted by atomic mass is 10.2. The first kappa shape index (κ1) is 120. The number of imide groups is 2. The monoisotopic (exact) mass is 1540 g/mol. The SMILES string of the molecule is C.C.C.C.C.C.C=COCC(COCC(COCC(COCCOC(=O)CCC(=O)ON1C(=O)CCC1=O)OC=C)OCCOC)OCCOC.C=COCC(COCC(COCC(COCCOC(=O)CCCC(=O)ON1C(=O)CCC1=O)OC=C)OCCOC)OCCOC.CO.CO.CO.CO. The van der Waals surface area contributed by atoms with Gasteiger partial charge in [-0.1, -0.05) is 70.9 Å². The van der Waals surface area contributed by atoms with E-state index in [0.717, 1.165) is 28.4 Å². The van der Waals surface area contributed by atoms with Gasteiger partial charge in [-0.15, -0.1) is 10.1 Å². The second-order valence-corrected chi connectivity index (χ2v) is 19.0. The van der Waals surface area contributed by atoms with Gasteiger partial charge in [0.1, 0.15) is 63.1 Å². The van der Waals surface area contributed by atoms with Crippen LogP contribution in [0.4, 0.5) is 0 Å². The Morgan fingerprint density at radius 3 is 0.867 bits per heavy atom. The van der Waals surface area contributed by atoms with Crippen molar-refractivity contribution >= 4 is 47.5 Å². The zero-order chi connectivity index (χ0) is 75.0. The van der Waals surface area contributed by atoms with Crippen molar-refractivity contribution < 1.29 is 163 Å². The van der Waals surface area contributed by atoms with Crippen LogP contribution in [0.5, 0.6) is 0 Å². The molecule has 105 heavy (non-hydrogen) atoms. The van der Waals surface area contributed by atoms with Gasteiger partial charge in [0.15, 0.2) is 0 Å². The molecule has 6 atom stereocenters. The molecule has 0 bridgehead atoms. The smallest absolute Gasteiger partial charge is 0.333 e. The normalized spacial score (nSPS) is 13.1. The number of aliphatic hydroxyl groups is 4. The molecule has 0 aromatic heterocycles. The third-order valence-corrected chi connectivity index (χ3v) is 11.7. The Balaban J connectivity index is -0.000000186. The molecule has 2 heterocycles. The first-order valence-corrected chi connectivity index (χ1v) is 31.3. The highest BCUT2D eigenvalue weighted by atomic mass is 16.7. The van der Waals surface area contributed by atoms with Crippen molar-refractivity contribution in [2.24, 2.45) is 0 Å². The second-order valence-electron chi connectivity index (χ2n) is 19.0. The lowest BCUT2D eigenvalue weighted by Crippen LogP contribution is -2.33. The molecule has 626 valence electrons. The Kier molecular flexibility index (Phi) is 103. The number of carbonyl (C=O) groups excluding carboxylic acids is 8. The number of rotatable bonds is 61. The van der Waals surface area contributed by atoms with E-state index >= 15 is 0 Å². The van der Waals surface area contributed by atoms with Crippen LogP contribution < -0.4 is 0 Å². The molecular formula is C69H136N2O34. The predicted octanol–water partition coefficient (Wildman–Crippen LogP) is 4.08. The van der Waals surface area contributed by atoms with Crippen LogP contribution in [0, 0.1) is 0 Å². The van der Waals surface area contributed by atoms with Crippen molar-refractivity contribution in [3.05, 3.63) is 51.4 Å². The van der Waals surface area contributed by atoms with Crippen molar-refractivity contribution in [3.8, 4) is 0 Å². The summed E-state index contributed by atoms with van der Waals surface area (Å²) in [5.41, 5.74) is 0. The van der Waals surface area contributed by atoms with Crippen LogP contribution in [-0.2, 0) is 143 Å². The molecule has 2 aliphatic heterocycles. The quantitative estimate of drug-likeness (QED) is 0.0288. The van der Waals surface area contributed by atoms with Crippen LogP contribution in [0.2, 0.25) is 0 Å². The molecule has 2 aliphatic rings. The third kappa shape index (κ3) is 70.4. The summed E-state index contributed by atoms with van der Waals surface area (Å²) in [5.74, 6) is -5.18. The van der Waals surface area contributed by atoms with Crippen LogP contribution in [0.15, 0.2) is 51.4 Å². The Morgan fingerprint density at radius 1 is 0.333 bits per heavy atom. The molecule has 2 saturated heterocycles. The fraction of sp³-hybridized carbons (Fsp3) is 0.768. The largest absolute Gasteiger partial charge is 0.499 e. The zero-order valence-corrected chi connectivity index (χ0v) is 58.9. The standard InChI is InChI=1S/C30H49NO15.C29H47NO15.4CH4O.6CH4/c1-5-38-18-25(43-15-12-36-3)21-41-23-26(44-16-13-37-4)22-40-20-24(42-6-2)19-39-14-17-45-29(34)8-7-9-30(35)46-31-27(32)10-11-28(31)33;1-5-37-17-24(42-14-11-35-3)20-40-22-25(43-15-12-36-4)21-39-19-23(41-6-2)18-38-13-16-44-28(33)9-10-29(34)45-30-26(31)7-8-27(30)32;4*1-2;;;;;;/h5-6,24-26H,1-2,7-23H2,3-4H3;5-6,23-25H,1-2,7-22H2,3-4H3;4*2H,1H3;6*1H4. The molecule has 36 nitrogen and oxygen atoms in total. The second kappa shape index (κ2) is 90.0. The minimum Gasteiger partial charge on any atom is -0.499 e. The summed E-state index contributed by atoms with van der Waals surface area (Å²) < 4.78 is 109. The van der Waals surface area contributed by atoms with E-state index in [2.05, 4.69) is 26.3 Å². The lowest BCUT2D eigenvalue weighted by molar-refractivity contribution is -0.197. The summed E-state index contributed by atoms with van der Waals surface area (Å²) in [5, 5.41) is 28.9. The number of esters is 2.